The molecule has 0 fully saturated rings. The minimum atomic E-state index is -0.450. The lowest BCUT2D eigenvalue weighted by Gasteiger charge is -2.05. The molecule has 5 nitrogen and oxygen atoms in total. The summed E-state index contributed by atoms with van der Waals surface area (Å²) in [6.07, 6.45) is 4.48. The third-order valence-electron chi connectivity index (χ3n) is 2.52. The molecule has 0 atom stereocenters. The number of esters is 1. The highest BCUT2D eigenvalue weighted by atomic mass is 16.5. The number of pyridine rings is 1. The quantitative estimate of drug-likeness (QED) is 0.647. The molecule has 0 spiro atoms. The van der Waals surface area contributed by atoms with Crippen LogP contribution >= 0.6 is 0 Å². The van der Waals surface area contributed by atoms with Gasteiger partial charge < -0.3 is 10.1 Å². The van der Waals surface area contributed by atoms with E-state index >= 15 is 0 Å². The van der Waals surface area contributed by atoms with Gasteiger partial charge in [0.05, 0.1) is 7.11 Å². The minimum Gasteiger partial charge on any atom is -0.466 e. The normalized spacial score (nSPS) is 10.7. The zero-order valence-electron chi connectivity index (χ0n) is 11.3. The molecule has 1 aromatic heterocycles. The summed E-state index contributed by atoms with van der Waals surface area (Å²) < 4.78 is 4.43. The predicted octanol–water partition coefficient (Wildman–Crippen LogP) is 1.66. The van der Waals surface area contributed by atoms with Crippen LogP contribution < -0.4 is 5.32 Å². The molecule has 0 aliphatic carbocycles. The maximum atomic E-state index is 11.7. The maximum absolute atomic E-state index is 11.7. The number of hydrogen-bond donors (Lipinski definition) is 1. The summed E-state index contributed by atoms with van der Waals surface area (Å²) in [4.78, 5) is 26.6. The molecule has 0 saturated heterocycles. The van der Waals surface area contributed by atoms with Crippen molar-refractivity contribution < 1.29 is 14.3 Å². The number of ether oxygens (including phenoxy) is 1. The summed E-state index contributed by atoms with van der Waals surface area (Å²) in [5, 5.41) is 2.63. The van der Waals surface area contributed by atoms with E-state index in [9.17, 15) is 9.59 Å². The molecule has 0 aliphatic rings. The Labute approximate surface area is 112 Å². The molecule has 0 aliphatic heterocycles. The monoisotopic (exact) mass is 262 g/mol. The molecule has 1 aromatic rings. The van der Waals surface area contributed by atoms with E-state index in [-0.39, 0.29) is 12.5 Å². The van der Waals surface area contributed by atoms with Gasteiger partial charge in [-0.2, -0.15) is 0 Å². The molecule has 102 valence electrons. The standard InChI is InChI=1S/C14H18N2O3/c1-10(2)11-6-7-12(16-9-11)14(18)15-8-4-5-13(17)19-3/h4-7,9-10H,8H2,1-3H3,(H,15,18)/b5-4+. The van der Waals surface area contributed by atoms with E-state index in [1.807, 2.05) is 6.07 Å². The molecule has 1 rings (SSSR count). The Morgan fingerprint density at radius 2 is 2.16 bits per heavy atom. The second-order valence-corrected chi connectivity index (χ2v) is 4.27. The first-order valence-electron chi connectivity index (χ1n) is 6.03. The molecule has 0 saturated carbocycles. The van der Waals surface area contributed by atoms with Crippen LogP contribution in [0, 0.1) is 0 Å². The summed E-state index contributed by atoms with van der Waals surface area (Å²) in [5.74, 6) is -0.342. The van der Waals surface area contributed by atoms with Gasteiger partial charge in [0.2, 0.25) is 0 Å². The van der Waals surface area contributed by atoms with Crippen LogP contribution in [-0.4, -0.2) is 30.5 Å². The first-order chi connectivity index (χ1) is 9.04. The Kier molecular flexibility index (Phi) is 5.73. The van der Waals surface area contributed by atoms with Gasteiger partial charge in [-0.1, -0.05) is 26.0 Å². The molecular weight excluding hydrogens is 244 g/mol. The number of carbonyl (C=O) groups excluding carboxylic acids is 2. The smallest absolute Gasteiger partial charge is 0.330 e. The van der Waals surface area contributed by atoms with Crippen molar-refractivity contribution >= 4 is 11.9 Å². The van der Waals surface area contributed by atoms with E-state index in [0.717, 1.165) is 5.56 Å². The Hall–Kier alpha value is -2.17. The van der Waals surface area contributed by atoms with Gasteiger partial charge in [0.15, 0.2) is 0 Å². The third-order valence-corrected chi connectivity index (χ3v) is 2.52. The zero-order chi connectivity index (χ0) is 14.3. The van der Waals surface area contributed by atoms with Crippen LogP contribution in [0.4, 0.5) is 0 Å². The topological polar surface area (TPSA) is 68.3 Å². The highest BCUT2D eigenvalue weighted by Crippen LogP contribution is 2.12. The lowest BCUT2D eigenvalue weighted by Crippen LogP contribution is -2.24. The van der Waals surface area contributed by atoms with Gasteiger partial charge in [0.1, 0.15) is 5.69 Å². The number of hydrogen-bond acceptors (Lipinski definition) is 4. The van der Waals surface area contributed by atoms with Crippen molar-refractivity contribution in [3.05, 3.63) is 41.7 Å². The number of nitrogens with zero attached hydrogens (tertiary/aromatic N) is 1. The van der Waals surface area contributed by atoms with Crippen molar-refractivity contribution in [3.63, 3.8) is 0 Å². The van der Waals surface area contributed by atoms with Gasteiger partial charge in [-0.15, -0.1) is 0 Å². The second kappa shape index (κ2) is 7.31. The van der Waals surface area contributed by atoms with Gasteiger partial charge in [-0.3, -0.25) is 9.78 Å². The van der Waals surface area contributed by atoms with Crippen molar-refractivity contribution in [2.75, 3.05) is 13.7 Å². The fourth-order valence-corrected chi connectivity index (χ4v) is 1.35. The summed E-state index contributed by atoms with van der Waals surface area (Å²) in [6.45, 7) is 4.38. The predicted molar refractivity (Wildman–Crippen MR) is 71.8 cm³/mol. The lowest BCUT2D eigenvalue weighted by molar-refractivity contribution is -0.134. The highest BCUT2D eigenvalue weighted by Gasteiger charge is 2.06. The van der Waals surface area contributed by atoms with Gasteiger partial charge in [0, 0.05) is 18.8 Å². The largest absolute Gasteiger partial charge is 0.466 e. The van der Waals surface area contributed by atoms with Crippen LogP contribution in [0.5, 0.6) is 0 Å². The van der Waals surface area contributed by atoms with Crippen LogP contribution in [-0.2, 0) is 9.53 Å². The molecule has 1 heterocycles. The molecule has 0 aromatic carbocycles. The van der Waals surface area contributed by atoms with E-state index in [2.05, 4.69) is 28.9 Å². The molecule has 1 amide bonds. The van der Waals surface area contributed by atoms with Gasteiger partial charge in [-0.05, 0) is 17.5 Å². The minimum absolute atomic E-state index is 0.252. The van der Waals surface area contributed by atoms with E-state index < -0.39 is 5.97 Å². The van der Waals surface area contributed by atoms with Crippen LogP contribution in [0.2, 0.25) is 0 Å². The average Bonchev–Trinajstić information content (AvgIpc) is 2.43. The molecule has 0 bridgehead atoms. The van der Waals surface area contributed by atoms with Crippen molar-refractivity contribution in [3.8, 4) is 0 Å². The second-order valence-electron chi connectivity index (χ2n) is 4.27. The van der Waals surface area contributed by atoms with Gasteiger partial charge in [0.25, 0.3) is 5.91 Å². The van der Waals surface area contributed by atoms with Crippen LogP contribution in [0.1, 0.15) is 35.8 Å². The molecular formula is C14H18N2O3. The SMILES string of the molecule is COC(=O)/C=C/CNC(=O)c1ccc(C(C)C)cn1. The highest BCUT2D eigenvalue weighted by molar-refractivity contribution is 5.92. The lowest BCUT2D eigenvalue weighted by atomic mass is 10.1. The van der Waals surface area contributed by atoms with Crippen molar-refractivity contribution in [1.82, 2.24) is 10.3 Å². The molecule has 1 N–H and O–H groups in total. The van der Waals surface area contributed by atoms with Crippen molar-refractivity contribution in [2.45, 2.75) is 19.8 Å². The fourth-order valence-electron chi connectivity index (χ4n) is 1.35. The van der Waals surface area contributed by atoms with E-state index in [1.54, 1.807) is 12.3 Å². The number of rotatable bonds is 5. The molecule has 0 radical (unpaired) electrons. The summed E-state index contributed by atoms with van der Waals surface area (Å²) in [7, 11) is 1.30. The van der Waals surface area contributed by atoms with E-state index in [1.165, 1.54) is 19.3 Å². The Balaban J connectivity index is 2.50. The summed E-state index contributed by atoms with van der Waals surface area (Å²) >= 11 is 0. The Bertz CT molecular complexity index is 464. The number of methoxy groups -OCH3 is 1. The molecule has 19 heavy (non-hydrogen) atoms. The summed E-state index contributed by atoms with van der Waals surface area (Å²) in [6, 6.07) is 3.57. The third kappa shape index (κ3) is 4.91. The van der Waals surface area contributed by atoms with E-state index in [4.69, 9.17) is 0 Å². The molecule has 5 heteroatoms. The summed E-state index contributed by atoms with van der Waals surface area (Å²) in [5.41, 5.74) is 1.44. The first-order valence-corrected chi connectivity index (χ1v) is 6.03. The Morgan fingerprint density at radius 1 is 1.42 bits per heavy atom. The van der Waals surface area contributed by atoms with Gasteiger partial charge >= 0.3 is 5.97 Å². The zero-order valence-corrected chi connectivity index (χ0v) is 11.3. The number of amides is 1. The van der Waals surface area contributed by atoms with Crippen LogP contribution in [0.25, 0.3) is 0 Å². The average molecular weight is 262 g/mol. The maximum Gasteiger partial charge on any atom is 0.330 e. The van der Waals surface area contributed by atoms with E-state index in [0.29, 0.717) is 11.6 Å². The van der Waals surface area contributed by atoms with Crippen LogP contribution in [0.3, 0.4) is 0 Å². The Morgan fingerprint density at radius 3 is 2.68 bits per heavy atom. The molecule has 0 unspecified atom stereocenters. The first kappa shape index (κ1) is 14.9. The fraction of sp³-hybridized carbons (Fsp3) is 0.357. The number of carbonyl (C=O) groups is 2. The number of nitrogens with one attached hydrogen (secondary N) is 1. The van der Waals surface area contributed by atoms with Crippen molar-refractivity contribution in [1.29, 1.82) is 0 Å². The van der Waals surface area contributed by atoms with Crippen molar-refractivity contribution in [2.24, 2.45) is 0 Å². The van der Waals surface area contributed by atoms with Gasteiger partial charge in [-0.25, -0.2) is 4.79 Å². The van der Waals surface area contributed by atoms with Crippen LogP contribution in [0.15, 0.2) is 30.5 Å². The number of aromatic nitrogens is 1.